The molecule has 1 unspecified atom stereocenters. The number of carbonyl (C=O) groups is 1. The third kappa shape index (κ3) is 3.32. The number of nitrogens with two attached hydrogens (primary N) is 1. The summed E-state index contributed by atoms with van der Waals surface area (Å²) in [7, 11) is 0. The van der Waals surface area contributed by atoms with Crippen LogP contribution in [0.25, 0.3) is 0 Å². The van der Waals surface area contributed by atoms with Gasteiger partial charge in [-0.2, -0.15) is 0 Å². The molecule has 0 aliphatic carbocycles. The summed E-state index contributed by atoms with van der Waals surface area (Å²) in [6.45, 7) is 2.02. The van der Waals surface area contributed by atoms with Crippen LogP contribution >= 0.6 is 12.2 Å². The van der Waals surface area contributed by atoms with Crippen LogP contribution in [-0.4, -0.2) is 27.7 Å². The maximum absolute atomic E-state index is 11.7. The average Bonchev–Trinajstić information content (AvgIpc) is 2.25. The first-order valence-corrected chi connectivity index (χ1v) is 5.42. The van der Waals surface area contributed by atoms with E-state index >= 15 is 0 Å². The van der Waals surface area contributed by atoms with Gasteiger partial charge in [0.05, 0.1) is 4.99 Å². The molecule has 0 saturated heterocycles. The van der Waals surface area contributed by atoms with Gasteiger partial charge in [-0.05, 0) is 12.1 Å². The van der Waals surface area contributed by atoms with Crippen LogP contribution in [0.15, 0.2) is 18.2 Å². The normalized spacial score (nSPS) is 11.8. The van der Waals surface area contributed by atoms with E-state index in [1.807, 2.05) is 0 Å². The fraction of sp³-hybridized carbons (Fsp3) is 0.273. The minimum atomic E-state index is -0.566. The number of phenolic OH excluding ortho intramolecular Hbond substituents is 2. The van der Waals surface area contributed by atoms with Crippen LogP contribution < -0.4 is 11.1 Å². The number of thiocarbonyl (C=S) groups is 1. The fourth-order valence-corrected chi connectivity index (χ4v) is 1.28. The molecule has 0 heterocycles. The first-order valence-electron chi connectivity index (χ1n) is 5.02. The molecule has 0 radical (unpaired) electrons. The molecule has 0 saturated carbocycles. The summed E-state index contributed by atoms with van der Waals surface area (Å²) in [6.07, 6.45) is 0. The van der Waals surface area contributed by atoms with E-state index in [1.54, 1.807) is 6.92 Å². The van der Waals surface area contributed by atoms with Crippen LogP contribution in [0.2, 0.25) is 0 Å². The zero-order valence-electron chi connectivity index (χ0n) is 9.30. The van der Waals surface area contributed by atoms with E-state index in [9.17, 15) is 15.0 Å². The molecule has 17 heavy (non-hydrogen) atoms. The largest absolute Gasteiger partial charge is 0.507 e. The summed E-state index contributed by atoms with van der Waals surface area (Å²) < 4.78 is 0. The predicted molar refractivity (Wildman–Crippen MR) is 68.1 cm³/mol. The number of hydrogen-bond donors (Lipinski definition) is 4. The first kappa shape index (κ1) is 13.2. The highest BCUT2D eigenvalue weighted by Crippen LogP contribution is 2.25. The Kier molecular flexibility index (Phi) is 4.28. The molecule has 0 aromatic heterocycles. The third-order valence-corrected chi connectivity index (χ3v) is 2.70. The Bertz CT molecular complexity index is 428. The molecular weight excluding hydrogens is 240 g/mol. The molecule has 92 valence electrons. The van der Waals surface area contributed by atoms with Crippen molar-refractivity contribution in [1.29, 1.82) is 0 Å². The first-order chi connectivity index (χ1) is 7.93. The minimum Gasteiger partial charge on any atom is -0.507 e. The zero-order valence-corrected chi connectivity index (χ0v) is 10.1. The van der Waals surface area contributed by atoms with E-state index in [0.717, 1.165) is 0 Å². The van der Waals surface area contributed by atoms with Gasteiger partial charge in [0.15, 0.2) is 0 Å². The Morgan fingerprint density at radius 2 is 2.00 bits per heavy atom. The second-order valence-corrected chi connectivity index (χ2v) is 4.16. The Labute approximate surface area is 104 Å². The fourth-order valence-electron chi connectivity index (χ4n) is 1.20. The smallest absolute Gasteiger partial charge is 0.258 e. The molecule has 0 fully saturated rings. The van der Waals surface area contributed by atoms with Crippen molar-refractivity contribution in [2.24, 2.45) is 11.7 Å². The molecule has 0 spiro atoms. The molecule has 1 atom stereocenters. The van der Waals surface area contributed by atoms with E-state index in [1.165, 1.54) is 18.2 Å². The average molecular weight is 254 g/mol. The zero-order chi connectivity index (χ0) is 13.0. The van der Waals surface area contributed by atoms with Crippen molar-refractivity contribution in [1.82, 2.24) is 5.32 Å². The van der Waals surface area contributed by atoms with Crippen molar-refractivity contribution in [3.05, 3.63) is 23.8 Å². The van der Waals surface area contributed by atoms with Gasteiger partial charge in [0.2, 0.25) is 0 Å². The van der Waals surface area contributed by atoms with Crippen LogP contribution in [0.1, 0.15) is 17.3 Å². The van der Waals surface area contributed by atoms with Crippen molar-refractivity contribution in [2.75, 3.05) is 6.54 Å². The van der Waals surface area contributed by atoms with Crippen molar-refractivity contribution in [3.63, 3.8) is 0 Å². The lowest BCUT2D eigenvalue weighted by Crippen LogP contribution is -2.33. The Hall–Kier alpha value is -1.82. The van der Waals surface area contributed by atoms with Gasteiger partial charge < -0.3 is 21.3 Å². The third-order valence-electron chi connectivity index (χ3n) is 2.30. The van der Waals surface area contributed by atoms with Crippen LogP contribution in [0.4, 0.5) is 0 Å². The number of phenols is 2. The monoisotopic (exact) mass is 254 g/mol. The van der Waals surface area contributed by atoms with Gasteiger partial charge in [-0.25, -0.2) is 0 Å². The summed E-state index contributed by atoms with van der Waals surface area (Å²) in [5.41, 5.74) is 5.25. The second-order valence-electron chi connectivity index (χ2n) is 3.68. The van der Waals surface area contributed by atoms with E-state index in [-0.39, 0.29) is 29.5 Å². The van der Waals surface area contributed by atoms with E-state index in [2.05, 4.69) is 5.32 Å². The highest BCUT2D eigenvalue weighted by molar-refractivity contribution is 7.80. The van der Waals surface area contributed by atoms with E-state index in [0.29, 0.717) is 4.99 Å². The molecule has 1 rings (SSSR count). The van der Waals surface area contributed by atoms with Crippen LogP contribution in [0, 0.1) is 5.92 Å². The van der Waals surface area contributed by atoms with Gasteiger partial charge in [0.25, 0.3) is 5.91 Å². The number of carbonyl (C=O) groups excluding carboxylic acids is 1. The van der Waals surface area contributed by atoms with E-state index in [4.69, 9.17) is 18.0 Å². The molecule has 6 heteroatoms. The summed E-state index contributed by atoms with van der Waals surface area (Å²) in [4.78, 5) is 12.0. The molecule has 5 nitrogen and oxygen atoms in total. The Morgan fingerprint density at radius 1 is 1.47 bits per heavy atom. The minimum absolute atomic E-state index is 0.150. The van der Waals surface area contributed by atoms with Crippen molar-refractivity contribution >= 4 is 23.1 Å². The number of amides is 1. The van der Waals surface area contributed by atoms with Gasteiger partial charge in [-0.15, -0.1) is 0 Å². The van der Waals surface area contributed by atoms with E-state index < -0.39 is 5.91 Å². The van der Waals surface area contributed by atoms with Gasteiger partial charge >= 0.3 is 0 Å². The maximum atomic E-state index is 11.7. The van der Waals surface area contributed by atoms with Gasteiger partial charge in [-0.1, -0.05) is 25.2 Å². The standard InChI is InChI=1S/C11H14N2O3S/c1-6(10(12)17)5-13-11(16)9-7(14)3-2-4-8(9)15/h2-4,6,14-15H,5H2,1H3,(H2,12,17)(H,13,16). The van der Waals surface area contributed by atoms with Gasteiger partial charge in [-0.3, -0.25) is 4.79 Å². The second kappa shape index (κ2) is 5.49. The Balaban J connectivity index is 2.74. The number of hydrogen-bond acceptors (Lipinski definition) is 4. The number of rotatable bonds is 4. The summed E-state index contributed by atoms with van der Waals surface area (Å²) >= 11 is 4.77. The quantitative estimate of drug-likeness (QED) is 0.595. The van der Waals surface area contributed by atoms with Crippen molar-refractivity contribution in [3.8, 4) is 11.5 Å². The van der Waals surface area contributed by atoms with Gasteiger partial charge in [0, 0.05) is 12.5 Å². The summed E-state index contributed by atoms with van der Waals surface area (Å²) in [5, 5.41) is 21.5. The highest BCUT2D eigenvalue weighted by Gasteiger charge is 2.16. The van der Waals surface area contributed by atoms with Crippen LogP contribution in [-0.2, 0) is 0 Å². The molecule has 5 N–H and O–H groups in total. The number of aromatic hydroxyl groups is 2. The summed E-state index contributed by atoms with van der Waals surface area (Å²) in [5.74, 6) is -1.26. The lowest BCUT2D eigenvalue weighted by atomic mass is 10.1. The number of nitrogens with one attached hydrogen (secondary N) is 1. The molecule has 0 aliphatic rings. The van der Waals surface area contributed by atoms with Crippen molar-refractivity contribution < 1.29 is 15.0 Å². The summed E-state index contributed by atoms with van der Waals surface area (Å²) in [6, 6.07) is 4.09. The molecule has 1 amide bonds. The molecule has 1 aromatic rings. The highest BCUT2D eigenvalue weighted by atomic mass is 32.1. The molecular formula is C11H14N2O3S. The molecule has 0 aliphatic heterocycles. The van der Waals surface area contributed by atoms with Gasteiger partial charge in [0.1, 0.15) is 17.1 Å². The van der Waals surface area contributed by atoms with Crippen molar-refractivity contribution in [2.45, 2.75) is 6.92 Å². The lowest BCUT2D eigenvalue weighted by Gasteiger charge is -2.12. The SMILES string of the molecule is CC(CNC(=O)c1c(O)cccc1O)C(N)=S. The maximum Gasteiger partial charge on any atom is 0.258 e. The molecule has 1 aromatic carbocycles. The molecule has 0 bridgehead atoms. The Morgan fingerprint density at radius 3 is 2.47 bits per heavy atom. The number of benzene rings is 1. The van der Waals surface area contributed by atoms with Crippen LogP contribution in [0.3, 0.4) is 0 Å². The predicted octanol–water partition coefficient (Wildman–Crippen LogP) is 0.750. The lowest BCUT2D eigenvalue weighted by molar-refractivity contribution is 0.0946. The van der Waals surface area contributed by atoms with Crippen LogP contribution in [0.5, 0.6) is 11.5 Å². The topological polar surface area (TPSA) is 95.6 Å².